The summed E-state index contributed by atoms with van der Waals surface area (Å²) in [7, 11) is 0. The molecule has 1 nitrogen and oxygen atoms in total. The van der Waals surface area contributed by atoms with Gasteiger partial charge in [0.05, 0.1) is 10.2 Å². The maximum absolute atomic E-state index is 13.7. The van der Waals surface area contributed by atoms with Crippen molar-refractivity contribution in [2.24, 2.45) is 0 Å². The molecule has 0 unspecified atom stereocenters. The van der Waals surface area contributed by atoms with Gasteiger partial charge in [-0.1, -0.05) is 0 Å². The zero-order valence-corrected chi connectivity index (χ0v) is 13.1. The second-order valence-electron chi connectivity index (χ2n) is 4.28. The average Bonchev–Trinajstić information content (AvgIpc) is 2.47. The number of rotatable bonds is 5. The van der Waals surface area contributed by atoms with Gasteiger partial charge in [0.1, 0.15) is 23.2 Å². The average molecular weight is 375 g/mol. The van der Waals surface area contributed by atoms with Crippen LogP contribution in [-0.4, -0.2) is 11.5 Å². The summed E-state index contributed by atoms with van der Waals surface area (Å²) in [4.78, 5) is 12.5. The molecule has 0 radical (unpaired) electrons. The number of hydrogen-bond acceptors (Lipinski definition) is 2. The maximum atomic E-state index is 13.7. The Bertz CT molecular complexity index is 659. The van der Waals surface area contributed by atoms with Gasteiger partial charge < -0.3 is 0 Å². The van der Waals surface area contributed by atoms with Gasteiger partial charge in [-0.3, -0.25) is 4.79 Å². The van der Waals surface area contributed by atoms with E-state index in [2.05, 4.69) is 15.9 Å². The predicted octanol–water partition coefficient (Wildman–Crippen LogP) is 4.77. The molecule has 2 rings (SSSR count). The molecule has 0 saturated heterocycles. The molecule has 0 aliphatic rings. The van der Waals surface area contributed by atoms with E-state index in [0.717, 1.165) is 11.0 Å². The number of carbonyl (C=O) groups is 1. The number of carbonyl (C=O) groups excluding carboxylic acids is 1. The quantitative estimate of drug-likeness (QED) is 0.553. The minimum absolute atomic E-state index is 0.0665. The monoisotopic (exact) mass is 374 g/mol. The van der Waals surface area contributed by atoms with Crippen LogP contribution in [0.25, 0.3) is 0 Å². The number of hydrogen-bond donors (Lipinski definition) is 0. The van der Waals surface area contributed by atoms with Crippen LogP contribution in [0.5, 0.6) is 0 Å². The highest BCUT2D eigenvalue weighted by Crippen LogP contribution is 2.23. The van der Waals surface area contributed by atoms with E-state index in [0.29, 0.717) is 0 Å². The smallest absolute Gasteiger partial charge is 0.147 e. The number of thioether (sulfide) groups is 1. The van der Waals surface area contributed by atoms with E-state index in [4.69, 9.17) is 0 Å². The Morgan fingerprint density at radius 1 is 1.05 bits per heavy atom. The fourth-order valence-electron chi connectivity index (χ4n) is 1.67. The summed E-state index contributed by atoms with van der Waals surface area (Å²) < 4.78 is 40.1. The zero-order valence-electron chi connectivity index (χ0n) is 10.7. The summed E-state index contributed by atoms with van der Waals surface area (Å²) in [6, 6.07) is 8.05. The molecular formula is C15H10BrF3OS. The van der Waals surface area contributed by atoms with E-state index in [-0.39, 0.29) is 33.8 Å². The van der Waals surface area contributed by atoms with Crippen LogP contribution in [-0.2, 0) is 11.2 Å². The molecule has 0 bridgehead atoms. The molecule has 0 fully saturated rings. The fourth-order valence-corrected chi connectivity index (χ4v) is 2.80. The van der Waals surface area contributed by atoms with E-state index in [1.807, 2.05) is 0 Å². The number of ketones is 1. The van der Waals surface area contributed by atoms with Crippen LogP contribution in [0.3, 0.4) is 0 Å². The van der Waals surface area contributed by atoms with Crippen molar-refractivity contribution >= 4 is 33.5 Å². The van der Waals surface area contributed by atoms with Crippen LogP contribution in [0.2, 0.25) is 0 Å². The molecule has 110 valence electrons. The third-order valence-corrected chi connectivity index (χ3v) is 4.41. The van der Waals surface area contributed by atoms with Crippen LogP contribution >= 0.6 is 27.7 Å². The highest BCUT2D eigenvalue weighted by Gasteiger charge is 2.16. The van der Waals surface area contributed by atoms with Gasteiger partial charge in [0.15, 0.2) is 0 Å². The van der Waals surface area contributed by atoms with Crippen molar-refractivity contribution in [3.05, 3.63) is 63.9 Å². The standard InChI is InChI=1S/C15H10BrF3OS/c16-13-5-6-14(18)12(15(13)19)7-10(20)8-21-11-3-1-9(17)2-4-11/h1-6H,7-8H2. The molecule has 0 spiro atoms. The number of benzene rings is 2. The lowest BCUT2D eigenvalue weighted by molar-refractivity contribution is -0.116. The topological polar surface area (TPSA) is 17.1 Å². The molecule has 0 atom stereocenters. The summed E-state index contributed by atoms with van der Waals surface area (Å²) in [5.41, 5.74) is -0.242. The Morgan fingerprint density at radius 3 is 2.38 bits per heavy atom. The first-order valence-corrected chi connectivity index (χ1v) is 7.77. The van der Waals surface area contributed by atoms with E-state index in [9.17, 15) is 18.0 Å². The molecule has 2 aromatic carbocycles. The summed E-state index contributed by atoms with van der Waals surface area (Å²) in [6.07, 6.45) is -0.314. The van der Waals surface area contributed by atoms with Crippen LogP contribution in [0.15, 0.2) is 45.8 Å². The van der Waals surface area contributed by atoms with Gasteiger partial charge in [-0.05, 0) is 52.3 Å². The van der Waals surface area contributed by atoms with Crippen molar-refractivity contribution < 1.29 is 18.0 Å². The minimum Gasteiger partial charge on any atom is -0.298 e. The van der Waals surface area contributed by atoms with Crippen LogP contribution in [0, 0.1) is 17.5 Å². The largest absolute Gasteiger partial charge is 0.298 e. The molecule has 0 aliphatic carbocycles. The second-order valence-corrected chi connectivity index (χ2v) is 6.18. The highest BCUT2D eigenvalue weighted by molar-refractivity contribution is 9.10. The van der Waals surface area contributed by atoms with Gasteiger partial charge in [0.25, 0.3) is 0 Å². The summed E-state index contributed by atoms with van der Waals surface area (Å²) in [6.45, 7) is 0. The first-order chi connectivity index (χ1) is 9.97. The van der Waals surface area contributed by atoms with Crippen LogP contribution < -0.4 is 0 Å². The molecule has 0 saturated carbocycles. The summed E-state index contributed by atoms with van der Waals surface area (Å²) in [5, 5.41) is 0. The van der Waals surface area contributed by atoms with Gasteiger partial charge >= 0.3 is 0 Å². The molecule has 0 aromatic heterocycles. The normalized spacial score (nSPS) is 10.7. The first-order valence-electron chi connectivity index (χ1n) is 6.00. The van der Waals surface area contributed by atoms with E-state index < -0.39 is 11.6 Å². The van der Waals surface area contributed by atoms with Crippen LogP contribution in [0.1, 0.15) is 5.56 Å². The van der Waals surface area contributed by atoms with Crippen molar-refractivity contribution in [1.29, 1.82) is 0 Å². The van der Waals surface area contributed by atoms with Gasteiger partial charge in [0, 0.05) is 16.9 Å². The van der Waals surface area contributed by atoms with Gasteiger partial charge in [0.2, 0.25) is 0 Å². The molecule has 0 N–H and O–H groups in total. The maximum Gasteiger partial charge on any atom is 0.147 e. The number of Topliss-reactive ketones (excluding diaryl/α,β-unsaturated/α-hetero) is 1. The van der Waals surface area contributed by atoms with Gasteiger partial charge in [-0.2, -0.15) is 0 Å². The number of halogens is 4. The second kappa shape index (κ2) is 7.13. The predicted molar refractivity (Wildman–Crippen MR) is 79.9 cm³/mol. The highest BCUT2D eigenvalue weighted by atomic mass is 79.9. The lowest BCUT2D eigenvalue weighted by Gasteiger charge is -2.06. The van der Waals surface area contributed by atoms with Crippen molar-refractivity contribution in [2.75, 3.05) is 5.75 Å². The van der Waals surface area contributed by atoms with Gasteiger partial charge in [-0.15, -0.1) is 11.8 Å². The Hall–Kier alpha value is -1.27. The molecule has 21 heavy (non-hydrogen) atoms. The lowest BCUT2D eigenvalue weighted by atomic mass is 10.1. The Kier molecular flexibility index (Phi) is 5.47. The molecular weight excluding hydrogens is 365 g/mol. The van der Waals surface area contributed by atoms with Gasteiger partial charge in [-0.25, -0.2) is 13.2 Å². The molecule has 0 amide bonds. The third kappa shape index (κ3) is 4.35. The van der Waals surface area contributed by atoms with E-state index >= 15 is 0 Å². The minimum atomic E-state index is -0.755. The summed E-state index contributed by atoms with van der Waals surface area (Å²) in [5.74, 6) is -2.09. The van der Waals surface area contributed by atoms with Crippen molar-refractivity contribution in [1.82, 2.24) is 0 Å². The molecule has 0 heterocycles. The van der Waals surface area contributed by atoms with Crippen LogP contribution in [0.4, 0.5) is 13.2 Å². The molecule has 0 aliphatic heterocycles. The van der Waals surface area contributed by atoms with E-state index in [1.165, 1.54) is 30.0 Å². The lowest BCUT2D eigenvalue weighted by Crippen LogP contribution is -2.09. The Balaban J connectivity index is 1.99. The fraction of sp³-hybridized carbons (Fsp3) is 0.133. The Labute approximate surface area is 132 Å². The van der Waals surface area contributed by atoms with E-state index in [1.54, 1.807) is 12.1 Å². The Morgan fingerprint density at radius 2 is 1.71 bits per heavy atom. The SMILES string of the molecule is O=C(CSc1ccc(F)cc1)Cc1c(F)ccc(Br)c1F. The molecule has 2 aromatic rings. The summed E-state index contributed by atoms with van der Waals surface area (Å²) >= 11 is 4.16. The van der Waals surface area contributed by atoms with Crippen molar-refractivity contribution in [2.45, 2.75) is 11.3 Å². The zero-order chi connectivity index (χ0) is 15.4. The molecule has 6 heteroatoms. The third-order valence-electron chi connectivity index (χ3n) is 2.73. The van der Waals surface area contributed by atoms with Crippen molar-refractivity contribution in [3.8, 4) is 0 Å². The van der Waals surface area contributed by atoms with Crippen molar-refractivity contribution in [3.63, 3.8) is 0 Å². The first kappa shape index (κ1) is 16.1.